The number of amides is 1. The second-order valence-electron chi connectivity index (χ2n) is 9.20. The number of benzene rings is 3. The number of pyridine rings is 1. The summed E-state index contributed by atoms with van der Waals surface area (Å²) < 4.78 is 0. The molecule has 0 aliphatic heterocycles. The van der Waals surface area contributed by atoms with Crippen molar-refractivity contribution in [3.63, 3.8) is 0 Å². The zero-order valence-electron chi connectivity index (χ0n) is 18.6. The Morgan fingerprint density at radius 3 is 2.56 bits per heavy atom. The molecule has 32 heavy (non-hydrogen) atoms. The number of aromatic nitrogens is 1. The lowest BCUT2D eigenvalue weighted by atomic mass is 9.72. The van der Waals surface area contributed by atoms with E-state index in [1.807, 2.05) is 67.7 Å². The predicted molar refractivity (Wildman–Crippen MR) is 132 cm³/mol. The Labute approximate surface area is 188 Å². The Morgan fingerprint density at radius 2 is 1.75 bits per heavy atom. The van der Waals surface area contributed by atoms with Crippen LogP contribution < -0.4 is 5.32 Å². The van der Waals surface area contributed by atoms with Gasteiger partial charge in [-0.25, -0.2) is 0 Å². The summed E-state index contributed by atoms with van der Waals surface area (Å²) in [5.41, 5.74) is 8.20. The van der Waals surface area contributed by atoms with Gasteiger partial charge in [0.25, 0.3) is 5.91 Å². The SMILES string of the molecule is Cc1ccc(NC(=O)c2ccc3c(c2)C(c2cnc4ccccc4c2)=CCC3(C)C)cc1. The van der Waals surface area contributed by atoms with Gasteiger partial charge in [0.15, 0.2) is 0 Å². The average molecular weight is 419 g/mol. The van der Waals surface area contributed by atoms with Gasteiger partial charge in [0.1, 0.15) is 0 Å². The molecule has 4 aromatic rings. The highest BCUT2D eigenvalue weighted by molar-refractivity contribution is 6.05. The van der Waals surface area contributed by atoms with E-state index in [2.05, 4.69) is 48.4 Å². The third kappa shape index (κ3) is 3.71. The number of carbonyl (C=O) groups is 1. The molecule has 3 aromatic carbocycles. The molecule has 0 saturated carbocycles. The fourth-order valence-corrected chi connectivity index (χ4v) is 4.41. The Hall–Kier alpha value is -3.72. The van der Waals surface area contributed by atoms with Gasteiger partial charge in [-0.2, -0.15) is 0 Å². The van der Waals surface area contributed by atoms with Crippen molar-refractivity contribution in [2.24, 2.45) is 0 Å². The van der Waals surface area contributed by atoms with E-state index in [1.165, 1.54) is 5.56 Å². The zero-order chi connectivity index (χ0) is 22.3. The van der Waals surface area contributed by atoms with Crippen molar-refractivity contribution in [1.29, 1.82) is 0 Å². The quantitative estimate of drug-likeness (QED) is 0.393. The molecular formula is C29H26N2O. The molecule has 1 aliphatic carbocycles. The number of fused-ring (bicyclic) bond motifs is 2. The number of nitrogens with zero attached hydrogens (tertiary/aromatic N) is 1. The molecule has 3 heteroatoms. The minimum atomic E-state index is -0.101. The van der Waals surface area contributed by atoms with Gasteiger partial charge < -0.3 is 5.32 Å². The molecule has 1 amide bonds. The molecule has 0 atom stereocenters. The van der Waals surface area contributed by atoms with Crippen LogP contribution in [-0.2, 0) is 5.41 Å². The van der Waals surface area contributed by atoms with Crippen LogP contribution in [0.4, 0.5) is 5.69 Å². The smallest absolute Gasteiger partial charge is 0.255 e. The molecule has 0 radical (unpaired) electrons. The van der Waals surface area contributed by atoms with Crippen LogP contribution >= 0.6 is 0 Å². The van der Waals surface area contributed by atoms with Crippen molar-refractivity contribution in [2.75, 3.05) is 5.32 Å². The molecular weight excluding hydrogens is 392 g/mol. The maximum atomic E-state index is 13.0. The fourth-order valence-electron chi connectivity index (χ4n) is 4.41. The van der Waals surface area contributed by atoms with Crippen molar-refractivity contribution in [2.45, 2.75) is 32.6 Å². The molecule has 5 rings (SSSR count). The summed E-state index contributed by atoms with van der Waals surface area (Å²) in [4.78, 5) is 17.7. The number of carbonyl (C=O) groups excluding carboxylic acids is 1. The lowest BCUT2D eigenvalue weighted by molar-refractivity contribution is 0.102. The summed E-state index contributed by atoms with van der Waals surface area (Å²) in [6.07, 6.45) is 5.17. The van der Waals surface area contributed by atoms with Crippen molar-refractivity contribution in [3.05, 3.63) is 113 Å². The lowest BCUT2D eigenvalue weighted by Crippen LogP contribution is -2.23. The van der Waals surface area contributed by atoms with Crippen LogP contribution in [-0.4, -0.2) is 10.9 Å². The molecule has 0 spiro atoms. The van der Waals surface area contributed by atoms with E-state index in [0.29, 0.717) is 5.56 Å². The van der Waals surface area contributed by atoms with Gasteiger partial charge in [-0.1, -0.05) is 61.9 Å². The zero-order valence-corrected chi connectivity index (χ0v) is 18.6. The van der Waals surface area contributed by atoms with Gasteiger partial charge in [-0.3, -0.25) is 9.78 Å². The van der Waals surface area contributed by atoms with Crippen LogP contribution in [0.25, 0.3) is 16.5 Å². The summed E-state index contributed by atoms with van der Waals surface area (Å²) >= 11 is 0. The average Bonchev–Trinajstić information content (AvgIpc) is 2.80. The second kappa shape index (κ2) is 7.76. The number of hydrogen-bond donors (Lipinski definition) is 1. The molecule has 3 nitrogen and oxygen atoms in total. The standard InChI is InChI=1S/C29H26N2O/c1-19-8-11-23(12-9-19)31-28(32)21-10-13-26-25(17-21)24(14-15-29(26,2)3)22-16-20-6-4-5-7-27(20)30-18-22/h4-14,16-18H,15H2,1-3H3,(H,31,32). The normalized spacial score (nSPS) is 14.5. The summed E-state index contributed by atoms with van der Waals surface area (Å²) in [5, 5.41) is 4.14. The van der Waals surface area contributed by atoms with Gasteiger partial charge in [-0.05, 0) is 71.9 Å². The van der Waals surface area contributed by atoms with E-state index in [0.717, 1.165) is 45.3 Å². The third-order valence-electron chi connectivity index (χ3n) is 6.33. The number of hydrogen-bond acceptors (Lipinski definition) is 2. The van der Waals surface area contributed by atoms with Crippen LogP contribution in [0, 0.1) is 6.92 Å². The van der Waals surface area contributed by atoms with Gasteiger partial charge in [-0.15, -0.1) is 0 Å². The predicted octanol–water partition coefficient (Wildman–Crippen LogP) is 6.91. The largest absolute Gasteiger partial charge is 0.322 e. The van der Waals surface area contributed by atoms with Crippen LogP contribution in [0.2, 0.25) is 0 Å². The summed E-state index contributed by atoms with van der Waals surface area (Å²) in [7, 11) is 0. The van der Waals surface area contributed by atoms with E-state index >= 15 is 0 Å². The highest BCUT2D eigenvalue weighted by atomic mass is 16.1. The molecule has 158 valence electrons. The highest BCUT2D eigenvalue weighted by Crippen LogP contribution is 2.42. The van der Waals surface area contributed by atoms with E-state index in [1.54, 1.807) is 0 Å². The highest BCUT2D eigenvalue weighted by Gasteiger charge is 2.29. The first-order valence-electron chi connectivity index (χ1n) is 11.0. The number of anilines is 1. The molecule has 0 bridgehead atoms. The molecule has 1 N–H and O–H groups in total. The minimum Gasteiger partial charge on any atom is -0.322 e. The van der Waals surface area contributed by atoms with Crippen LogP contribution in [0.5, 0.6) is 0 Å². The van der Waals surface area contributed by atoms with Gasteiger partial charge in [0.2, 0.25) is 0 Å². The number of nitrogens with one attached hydrogen (secondary N) is 1. The van der Waals surface area contributed by atoms with Gasteiger partial charge in [0.05, 0.1) is 5.52 Å². The van der Waals surface area contributed by atoms with E-state index < -0.39 is 0 Å². The number of para-hydroxylation sites is 1. The van der Waals surface area contributed by atoms with Crippen LogP contribution in [0.1, 0.15) is 52.9 Å². The maximum absolute atomic E-state index is 13.0. The molecule has 1 aromatic heterocycles. The van der Waals surface area contributed by atoms with Gasteiger partial charge >= 0.3 is 0 Å². The number of aryl methyl sites for hydroxylation is 1. The summed E-state index contributed by atoms with van der Waals surface area (Å²) in [5.74, 6) is -0.101. The third-order valence-corrected chi connectivity index (χ3v) is 6.33. The first-order chi connectivity index (χ1) is 15.4. The molecule has 0 unspecified atom stereocenters. The van der Waals surface area contributed by atoms with Crippen molar-refractivity contribution < 1.29 is 4.79 Å². The molecule has 1 aliphatic rings. The van der Waals surface area contributed by atoms with Crippen molar-refractivity contribution in [3.8, 4) is 0 Å². The second-order valence-corrected chi connectivity index (χ2v) is 9.20. The Bertz CT molecular complexity index is 1360. The monoisotopic (exact) mass is 418 g/mol. The van der Waals surface area contributed by atoms with Crippen molar-refractivity contribution >= 4 is 28.1 Å². The summed E-state index contributed by atoms with van der Waals surface area (Å²) in [6.45, 7) is 6.54. The minimum absolute atomic E-state index is 0.00900. The maximum Gasteiger partial charge on any atom is 0.255 e. The fraction of sp³-hybridized carbons (Fsp3) is 0.172. The first kappa shape index (κ1) is 20.2. The Morgan fingerprint density at radius 1 is 0.969 bits per heavy atom. The topological polar surface area (TPSA) is 42.0 Å². The molecule has 0 saturated heterocycles. The number of rotatable bonds is 3. The van der Waals surface area contributed by atoms with E-state index in [9.17, 15) is 4.79 Å². The van der Waals surface area contributed by atoms with E-state index in [-0.39, 0.29) is 11.3 Å². The Kier molecular flexibility index (Phi) is 4.90. The van der Waals surface area contributed by atoms with Crippen LogP contribution in [0.3, 0.4) is 0 Å². The number of allylic oxidation sites excluding steroid dienone is 1. The Balaban J connectivity index is 1.55. The molecule has 0 fully saturated rings. The lowest BCUT2D eigenvalue weighted by Gasteiger charge is -2.32. The summed E-state index contributed by atoms with van der Waals surface area (Å²) in [6, 6.07) is 24.3. The molecule has 1 heterocycles. The van der Waals surface area contributed by atoms with Crippen molar-refractivity contribution in [1.82, 2.24) is 4.98 Å². The van der Waals surface area contributed by atoms with Gasteiger partial charge in [0, 0.05) is 28.4 Å². The first-order valence-corrected chi connectivity index (χ1v) is 11.0. The van der Waals surface area contributed by atoms with Crippen LogP contribution in [0.15, 0.2) is 85.1 Å². The van der Waals surface area contributed by atoms with E-state index in [4.69, 9.17) is 0 Å².